The number of nitrogens with zero attached hydrogens (tertiary/aromatic N) is 2. The molecule has 6 rings (SSSR count). The van der Waals surface area contributed by atoms with Gasteiger partial charge in [-0.25, -0.2) is 9.97 Å². The summed E-state index contributed by atoms with van der Waals surface area (Å²) in [5, 5.41) is 23.4. The topological polar surface area (TPSA) is 66.2 Å². The van der Waals surface area contributed by atoms with Crippen molar-refractivity contribution in [2.24, 2.45) is 46.3 Å². The first-order valence-corrected chi connectivity index (χ1v) is 14.8. The van der Waals surface area contributed by atoms with E-state index in [1.54, 1.807) is 0 Å². The molecular weight excluding hydrogens is 468 g/mol. The zero-order valence-electron chi connectivity index (χ0n) is 22.2. The summed E-state index contributed by atoms with van der Waals surface area (Å²) in [6, 6.07) is 5.87. The smallest absolute Gasteiger partial charge is 0.128 e. The number of hydrogen-bond donors (Lipinski definition) is 2. The third-order valence-corrected chi connectivity index (χ3v) is 12.2. The minimum absolute atomic E-state index is 0.166. The van der Waals surface area contributed by atoms with Crippen LogP contribution in [0.5, 0.6) is 0 Å². The second-order valence-electron chi connectivity index (χ2n) is 13.4. The van der Waals surface area contributed by atoms with E-state index in [-0.39, 0.29) is 12.2 Å². The van der Waals surface area contributed by atoms with E-state index in [1.807, 2.05) is 24.4 Å². The molecule has 0 aliphatic heterocycles. The summed E-state index contributed by atoms with van der Waals surface area (Å²) in [5.74, 6) is 4.39. The molecule has 0 saturated heterocycles. The highest BCUT2D eigenvalue weighted by molar-refractivity contribution is 6.35. The highest BCUT2D eigenvalue weighted by atomic mass is 35.5. The summed E-state index contributed by atoms with van der Waals surface area (Å²) >= 11 is 6.31. The van der Waals surface area contributed by atoms with Crippen molar-refractivity contribution in [2.75, 3.05) is 0 Å². The van der Waals surface area contributed by atoms with Crippen LogP contribution in [-0.2, 0) is 6.42 Å². The third-order valence-electron chi connectivity index (χ3n) is 11.9. The first-order valence-electron chi connectivity index (χ1n) is 14.5. The van der Waals surface area contributed by atoms with E-state index in [2.05, 4.69) is 25.8 Å². The predicted octanol–water partition coefficient (Wildman–Crippen LogP) is 6.84. The van der Waals surface area contributed by atoms with Crippen molar-refractivity contribution in [3.05, 3.63) is 35.2 Å². The molecule has 4 fully saturated rings. The van der Waals surface area contributed by atoms with E-state index in [1.165, 1.54) is 25.7 Å². The van der Waals surface area contributed by atoms with Crippen LogP contribution in [0.4, 0.5) is 0 Å². The first kappa shape index (κ1) is 25.1. The van der Waals surface area contributed by atoms with E-state index in [0.717, 1.165) is 55.3 Å². The number of aliphatic hydroxyl groups is 2. The Labute approximate surface area is 221 Å². The van der Waals surface area contributed by atoms with Crippen LogP contribution in [0.3, 0.4) is 0 Å². The summed E-state index contributed by atoms with van der Waals surface area (Å²) < 4.78 is 0. The molecule has 4 nitrogen and oxygen atoms in total. The van der Waals surface area contributed by atoms with Gasteiger partial charge in [0, 0.05) is 18.0 Å². The first-order chi connectivity index (χ1) is 17.2. The number of benzene rings is 1. The molecule has 5 heteroatoms. The molecule has 2 N–H and O–H groups in total. The summed E-state index contributed by atoms with van der Waals surface area (Å²) in [6.45, 7) is 7.50. The molecular formula is C31H43ClN2O2. The summed E-state index contributed by atoms with van der Waals surface area (Å²) in [4.78, 5) is 9.44. The van der Waals surface area contributed by atoms with E-state index in [0.29, 0.717) is 51.4 Å². The van der Waals surface area contributed by atoms with E-state index in [9.17, 15) is 10.2 Å². The Balaban J connectivity index is 1.17. The van der Waals surface area contributed by atoms with Gasteiger partial charge in [-0.1, -0.05) is 38.4 Å². The Bertz CT molecular complexity index is 1120. The molecule has 36 heavy (non-hydrogen) atoms. The molecule has 0 radical (unpaired) electrons. The van der Waals surface area contributed by atoms with Crippen LogP contribution in [0.1, 0.15) is 84.4 Å². The second kappa shape index (κ2) is 9.20. The zero-order valence-corrected chi connectivity index (χ0v) is 22.9. The number of aliphatic hydroxyl groups excluding tert-OH is 2. The van der Waals surface area contributed by atoms with Crippen molar-refractivity contribution in [3.8, 4) is 0 Å². The van der Waals surface area contributed by atoms with Gasteiger partial charge in [-0.3, -0.25) is 0 Å². The van der Waals surface area contributed by atoms with Crippen LogP contribution in [0, 0.1) is 46.3 Å². The zero-order chi connectivity index (χ0) is 25.2. The second-order valence-corrected chi connectivity index (χ2v) is 13.8. The largest absolute Gasteiger partial charge is 0.393 e. The molecule has 1 aromatic carbocycles. The molecule has 10 atom stereocenters. The molecule has 4 aliphatic carbocycles. The van der Waals surface area contributed by atoms with Crippen LogP contribution >= 0.6 is 11.6 Å². The average Bonchev–Trinajstić information content (AvgIpc) is 3.21. The number of fused-ring (bicyclic) bond motifs is 6. The normalized spacial score (nSPS) is 43.0. The number of hydrogen-bond acceptors (Lipinski definition) is 4. The molecule has 0 spiro atoms. The Morgan fingerprint density at radius 1 is 1.03 bits per heavy atom. The van der Waals surface area contributed by atoms with Crippen molar-refractivity contribution in [1.29, 1.82) is 0 Å². The van der Waals surface area contributed by atoms with Crippen LogP contribution in [0.2, 0.25) is 5.02 Å². The maximum atomic E-state index is 11.5. The Kier molecular flexibility index (Phi) is 6.41. The van der Waals surface area contributed by atoms with Gasteiger partial charge in [-0.15, -0.1) is 0 Å². The molecule has 0 amide bonds. The lowest BCUT2D eigenvalue weighted by Crippen LogP contribution is -2.58. The fourth-order valence-corrected chi connectivity index (χ4v) is 10.1. The minimum atomic E-state index is -0.199. The SMILES string of the molecule is C[C@H](CCc1ncc2c(Cl)cccc2n1)[C@H]1CC[C@H]2[C@H]3C(CC[C@]12C)[C@@]1(C)CC[C@@H](O)C[C@H]1C[C@H]3O. The van der Waals surface area contributed by atoms with Gasteiger partial charge < -0.3 is 10.2 Å². The van der Waals surface area contributed by atoms with Crippen molar-refractivity contribution in [3.63, 3.8) is 0 Å². The van der Waals surface area contributed by atoms with Crippen LogP contribution in [-0.4, -0.2) is 32.4 Å². The number of aryl methyl sites for hydroxylation is 1. The van der Waals surface area contributed by atoms with Crippen molar-refractivity contribution < 1.29 is 10.2 Å². The number of halogens is 1. The van der Waals surface area contributed by atoms with Crippen LogP contribution in [0.25, 0.3) is 10.9 Å². The summed E-state index contributed by atoms with van der Waals surface area (Å²) in [7, 11) is 0. The molecule has 4 saturated carbocycles. The Hall–Kier alpha value is -1.23. The monoisotopic (exact) mass is 510 g/mol. The van der Waals surface area contributed by atoms with Gasteiger partial charge in [0.25, 0.3) is 0 Å². The molecule has 0 bridgehead atoms. The van der Waals surface area contributed by atoms with E-state index >= 15 is 0 Å². The minimum Gasteiger partial charge on any atom is -0.393 e. The molecule has 1 heterocycles. The van der Waals surface area contributed by atoms with Gasteiger partial charge in [0.1, 0.15) is 5.82 Å². The maximum Gasteiger partial charge on any atom is 0.128 e. The quantitative estimate of drug-likeness (QED) is 0.472. The fourth-order valence-electron chi connectivity index (χ4n) is 9.91. The molecule has 1 aromatic heterocycles. The molecule has 2 aromatic rings. The van der Waals surface area contributed by atoms with Crippen LogP contribution in [0.15, 0.2) is 24.4 Å². The molecule has 4 aliphatic rings. The highest BCUT2D eigenvalue weighted by Crippen LogP contribution is 2.68. The van der Waals surface area contributed by atoms with Gasteiger partial charge in [0.05, 0.1) is 22.7 Å². The van der Waals surface area contributed by atoms with Gasteiger partial charge in [-0.05, 0) is 116 Å². The van der Waals surface area contributed by atoms with Gasteiger partial charge in [0.2, 0.25) is 0 Å². The lowest BCUT2D eigenvalue weighted by Gasteiger charge is -2.62. The maximum absolute atomic E-state index is 11.5. The van der Waals surface area contributed by atoms with Crippen molar-refractivity contribution in [1.82, 2.24) is 9.97 Å². The van der Waals surface area contributed by atoms with E-state index in [4.69, 9.17) is 16.6 Å². The van der Waals surface area contributed by atoms with Crippen molar-refractivity contribution >= 4 is 22.5 Å². The predicted molar refractivity (Wildman–Crippen MR) is 145 cm³/mol. The number of rotatable bonds is 4. The van der Waals surface area contributed by atoms with Crippen LogP contribution < -0.4 is 0 Å². The standard InChI is InChI=1S/C31H43ClN2O2/c1-18(7-10-28-33-17-21-25(32)5-4-6-26(21)34-28)22-8-9-23-29-24(12-14-31(22,23)3)30(2)13-11-20(35)15-19(30)16-27(29)36/h4-6,17-20,22-24,27,29,35-36H,7-16H2,1-3H3/t18-,19+,20-,22-,23+,24?,27-,29+,30+,31-/m1/s1. The summed E-state index contributed by atoms with van der Waals surface area (Å²) in [5.41, 5.74) is 1.54. The number of aromatic nitrogens is 2. The summed E-state index contributed by atoms with van der Waals surface area (Å²) in [6.07, 6.45) is 12.5. The van der Waals surface area contributed by atoms with E-state index < -0.39 is 0 Å². The molecule has 196 valence electrons. The van der Waals surface area contributed by atoms with Gasteiger partial charge in [-0.2, -0.15) is 0 Å². The third kappa shape index (κ3) is 3.93. The average molecular weight is 511 g/mol. The Morgan fingerprint density at radius 2 is 1.81 bits per heavy atom. The van der Waals surface area contributed by atoms with Crippen molar-refractivity contribution in [2.45, 2.75) is 97.2 Å². The highest BCUT2D eigenvalue weighted by Gasteiger charge is 2.62. The molecule has 1 unspecified atom stereocenters. The van der Waals surface area contributed by atoms with Gasteiger partial charge >= 0.3 is 0 Å². The van der Waals surface area contributed by atoms with Gasteiger partial charge in [0.15, 0.2) is 0 Å². The lowest BCUT2D eigenvalue weighted by molar-refractivity contribution is -0.174. The fraction of sp³-hybridized carbons (Fsp3) is 0.742. The Morgan fingerprint density at radius 3 is 2.64 bits per heavy atom. The lowest BCUT2D eigenvalue weighted by atomic mass is 9.43.